The molecule has 0 bridgehead atoms. The van der Waals surface area contributed by atoms with Gasteiger partial charge in [-0.15, -0.1) is 21.5 Å². The van der Waals surface area contributed by atoms with E-state index in [-0.39, 0.29) is 5.91 Å². The Labute approximate surface area is 143 Å². The van der Waals surface area contributed by atoms with Crippen molar-refractivity contribution >= 4 is 33.7 Å². The minimum atomic E-state index is -0.0498. The highest BCUT2D eigenvalue weighted by Gasteiger charge is 2.12. The molecule has 2 aromatic heterocycles. The van der Waals surface area contributed by atoms with E-state index in [4.69, 9.17) is 0 Å². The summed E-state index contributed by atoms with van der Waals surface area (Å²) in [4.78, 5) is 13.0. The number of hydrogen-bond acceptors (Lipinski definition) is 5. The van der Waals surface area contributed by atoms with Crippen LogP contribution in [0, 0.1) is 0 Å². The molecule has 4 nitrogen and oxygen atoms in total. The fourth-order valence-electron chi connectivity index (χ4n) is 2.28. The van der Waals surface area contributed by atoms with Crippen molar-refractivity contribution in [1.29, 1.82) is 0 Å². The summed E-state index contributed by atoms with van der Waals surface area (Å²) in [5.74, 6) is 0.324. The third-order valence-electron chi connectivity index (χ3n) is 3.48. The Kier molecular flexibility index (Phi) is 5.15. The molecular formula is C17H17N3OS2. The molecule has 1 N–H and O–H groups in total. The number of amides is 1. The summed E-state index contributed by atoms with van der Waals surface area (Å²) < 4.78 is 0. The molecule has 1 atom stereocenters. The summed E-state index contributed by atoms with van der Waals surface area (Å²) in [5.41, 5.74) is 1.28. The number of anilines is 1. The first kappa shape index (κ1) is 15.8. The molecule has 0 unspecified atom stereocenters. The van der Waals surface area contributed by atoms with E-state index in [1.54, 1.807) is 11.3 Å². The van der Waals surface area contributed by atoms with E-state index in [1.165, 1.54) is 16.9 Å². The maximum atomic E-state index is 12.0. The molecule has 0 saturated carbocycles. The van der Waals surface area contributed by atoms with Crippen molar-refractivity contribution in [3.63, 3.8) is 0 Å². The monoisotopic (exact) mass is 343 g/mol. The number of benzene rings is 1. The SMILES string of the molecule is C[C@H](Cc1nnc(NC(=O)Cc2cccs2)s1)c1ccccc1. The summed E-state index contributed by atoms with van der Waals surface area (Å²) in [5, 5.41) is 14.6. The van der Waals surface area contributed by atoms with Crippen LogP contribution in [0.5, 0.6) is 0 Å². The fraction of sp³-hybridized carbons (Fsp3) is 0.235. The van der Waals surface area contributed by atoms with Gasteiger partial charge in [0.15, 0.2) is 0 Å². The first-order valence-corrected chi connectivity index (χ1v) is 9.10. The topological polar surface area (TPSA) is 54.9 Å². The molecule has 0 aliphatic rings. The molecule has 1 aromatic carbocycles. The predicted molar refractivity (Wildman–Crippen MR) is 95.1 cm³/mol. The van der Waals surface area contributed by atoms with Gasteiger partial charge in [-0.3, -0.25) is 4.79 Å². The van der Waals surface area contributed by atoms with Gasteiger partial charge in [0.25, 0.3) is 0 Å². The van der Waals surface area contributed by atoms with Gasteiger partial charge in [-0.05, 0) is 22.9 Å². The van der Waals surface area contributed by atoms with E-state index in [0.29, 0.717) is 17.5 Å². The second kappa shape index (κ2) is 7.48. The molecule has 0 fully saturated rings. The van der Waals surface area contributed by atoms with Gasteiger partial charge in [0.1, 0.15) is 5.01 Å². The molecule has 3 aromatic rings. The van der Waals surface area contributed by atoms with Crippen LogP contribution < -0.4 is 5.32 Å². The zero-order valence-electron chi connectivity index (χ0n) is 12.7. The third kappa shape index (κ3) is 4.46. The Morgan fingerprint density at radius 1 is 1.17 bits per heavy atom. The van der Waals surface area contributed by atoms with E-state index in [9.17, 15) is 4.79 Å². The minimum Gasteiger partial charge on any atom is -0.300 e. The smallest absolute Gasteiger partial charge is 0.231 e. The van der Waals surface area contributed by atoms with Crippen LogP contribution in [-0.2, 0) is 17.6 Å². The molecule has 1 amide bonds. The summed E-state index contributed by atoms with van der Waals surface area (Å²) in [6.07, 6.45) is 1.20. The lowest BCUT2D eigenvalue weighted by Gasteiger charge is -2.08. The minimum absolute atomic E-state index is 0.0498. The summed E-state index contributed by atoms with van der Waals surface area (Å²) in [6, 6.07) is 14.2. The Morgan fingerprint density at radius 3 is 2.74 bits per heavy atom. The third-order valence-corrected chi connectivity index (χ3v) is 5.21. The van der Waals surface area contributed by atoms with Crippen LogP contribution in [0.2, 0.25) is 0 Å². The average Bonchev–Trinajstić information content (AvgIpc) is 3.20. The predicted octanol–water partition coefficient (Wildman–Crippen LogP) is 4.13. The van der Waals surface area contributed by atoms with Crippen LogP contribution in [0.3, 0.4) is 0 Å². The first-order chi connectivity index (χ1) is 11.2. The van der Waals surface area contributed by atoms with E-state index in [2.05, 4.69) is 34.6 Å². The van der Waals surface area contributed by atoms with Crippen molar-refractivity contribution in [2.24, 2.45) is 0 Å². The Bertz CT molecular complexity index is 753. The lowest BCUT2D eigenvalue weighted by atomic mass is 9.98. The largest absolute Gasteiger partial charge is 0.300 e. The normalized spacial score (nSPS) is 12.0. The van der Waals surface area contributed by atoms with Gasteiger partial charge in [0.05, 0.1) is 6.42 Å². The van der Waals surface area contributed by atoms with Crippen LogP contribution in [0.1, 0.15) is 28.3 Å². The van der Waals surface area contributed by atoms with E-state index in [1.807, 2.05) is 35.7 Å². The van der Waals surface area contributed by atoms with Crippen molar-refractivity contribution in [3.05, 3.63) is 63.3 Å². The molecule has 0 saturated heterocycles. The maximum absolute atomic E-state index is 12.0. The highest BCUT2D eigenvalue weighted by Crippen LogP contribution is 2.24. The van der Waals surface area contributed by atoms with Crippen LogP contribution >= 0.6 is 22.7 Å². The summed E-state index contributed by atoms with van der Waals surface area (Å²) >= 11 is 3.03. The van der Waals surface area contributed by atoms with Crippen LogP contribution in [0.15, 0.2) is 47.8 Å². The maximum Gasteiger partial charge on any atom is 0.231 e. The number of carbonyl (C=O) groups is 1. The van der Waals surface area contributed by atoms with Crippen molar-refractivity contribution < 1.29 is 4.79 Å². The number of aromatic nitrogens is 2. The molecule has 118 valence electrons. The van der Waals surface area contributed by atoms with Gasteiger partial charge < -0.3 is 5.32 Å². The van der Waals surface area contributed by atoms with Gasteiger partial charge in [-0.1, -0.05) is 54.7 Å². The standard InChI is InChI=1S/C17H17N3OS2/c1-12(13-6-3-2-4-7-13)10-16-19-20-17(23-16)18-15(21)11-14-8-5-9-22-14/h2-9,12H,10-11H2,1H3,(H,18,20,21)/t12-/m1/s1. The van der Waals surface area contributed by atoms with Gasteiger partial charge in [-0.2, -0.15) is 0 Å². The van der Waals surface area contributed by atoms with Gasteiger partial charge in [0, 0.05) is 11.3 Å². The number of carbonyl (C=O) groups excluding carboxylic acids is 1. The molecule has 3 rings (SSSR count). The number of nitrogens with one attached hydrogen (secondary N) is 1. The van der Waals surface area contributed by atoms with Gasteiger partial charge in [0.2, 0.25) is 11.0 Å². The Morgan fingerprint density at radius 2 is 2.00 bits per heavy atom. The second-order valence-corrected chi connectivity index (χ2v) is 7.42. The van der Waals surface area contributed by atoms with E-state index in [0.717, 1.165) is 16.3 Å². The number of thiophene rings is 1. The molecule has 2 heterocycles. The Balaban J connectivity index is 1.56. The van der Waals surface area contributed by atoms with Crippen molar-refractivity contribution in [1.82, 2.24) is 10.2 Å². The number of hydrogen-bond donors (Lipinski definition) is 1. The number of rotatable bonds is 6. The zero-order valence-corrected chi connectivity index (χ0v) is 14.4. The van der Waals surface area contributed by atoms with Crippen LogP contribution in [0.25, 0.3) is 0 Å². The highest BCUT2D eigenvalue weighted by atomic mass is 32.1. The van der Waals surface area contributed by atoms with Crippen molar-refractivity contribution in [3.8, 4) is 0 Å². The molecule has 0 spiro atoms. The average molecular weight is 343 g/mol. The molecule has 6 heteroatoms. The van der Waals surface area contributed by atoms with Crippen LogP contribution in [-0.4, -0.2) is 16.1 Å². The molecule has 0 aliphatic heterocycles. The highest BCUT2D eigenvalue weighted by molar-refractivity contribution is 7.15. The van der Waals surface area contributed by atoms with E-state index < -0.39 is 0 Å². The summed E-state index contributed by atoms with van der Waals surface area (Å²) in [6.45, 7) is 2.17. The number of nitrogens with zero attached hydrogens (tertiary/aromatic N) is 2. The van der Waals surface area contributed by atoms with Crippen molar-refractivity contribution in [2.45, 2.75) is 25.7 Å². The second-order valence-electron chi connectivity index (χ2n) is 5.32. The lowest BCUT2D eigenvalue weighted by Crippen LogP contribution is -2.13. The first-order valence-electron chi connectivity index (χ1n) is 7.40. The quantitative estimate of drug-likeness (QED) is 0.732. The zero-order chi connectivity index (χ0) is 16.1. The summed E-state index contributed by atoms with van der Waals surface area (Å²) in [7, 11) is 0. The van der Waals surface area contributed by atoms with E-state index >= 15 is 0 Å². The van der Waals surface area contributed by atoms with Crippen molar-refractivity contribution in [2.75, 3.05) is 5.32 Å². The van der Waals surface area contributed by atoms with Gasteiger partial charge >= 0.3 is 0 Å². The van der Waals surface area contributed by atoms with Gasteiger partial charge in [-0.25, -0.2) is 0 Å². The molecule has 0 radical (unpaired) electrons. The molecular weight excluding hydrogens is 326 g/mol. The Hall–Kier alpha value is -2.05. The molecule has 23 heavy (non-hydrogen) atoms. The molecule has 0 aliphatic carbocycles. The fourth-order valence-corrected chi connectivity index (χ4v) is 3.87. The lowest BCUT2D eigenvalue weighted by molar-refractivity contribution is -0.115. The van der Waals surface area contributed by atoms with Crippen LogP contribution in [0.4, 0.5) is 5.13 Å².